The van der Waals surface area contributed by atoms with E-state index in [2.05, 4.69) is 5.32 Å². The fraction of sp³-hybridized carbons (Fsp3) is 0.389. The Bertz CT molecular complexity index is 910. The molecule has 2 unspecified atom stereocenters. The molecular formula is C18H20N2O5. The fourth-order valence-corrected chi connectivity index (χ4v) is 3.14. The number of nitrogens with one attached hydrogen (secondary N) is 1. The van der Waals surface area contributed by atoms with Crippen LogP contribution in [0.5, 0.6) is 0 Å². The van der Waals surface area contributed by atoms with E-state index in [1.807, 2.05) is 12.1 Å². The van der Waals surface area contributed by atoms with Crippen LogP contribution in [0.25, 0.3) is 10.9 Å². The molecule has 0 spiro atoms. The molecular weight excluding hydrogens is 324 g/mol. The summed E-state index contributed by atoms with van der Waals surface area (Å²) in [6, 6.07) is 6.81. The number of hydrogen-bond acceptors (Lipinski definition) is 5. The van der Waals surface area contributed by atoms with Crippen LogP contribution in [-0.4, -0.2) is 29.3 Å². The zero-order chi connectivity index (χ0) is 18.4. The van der Waals surface area contributed by atoms with E-state index in [1.165, 1.54) is 17.7 Å². The Hall–Kier alpha value is -2.83. The number of nitrogens with zero attached hydrogens (tertiary/aromatic N) is 1. The minimum absolute atomic E-state index is 0.330. The first kappa shape index (κ1) is 17.0. The predicted octanol–water partition coefficient (Wildman–Crippen LogP) is 2.29. The van der Waals surface area contributed by atoms with Gasteiger partial charge in [-0.15, -0.1) is 0 Å². The van der Waals surface area contributed by atoms with Crippen LogP contribution in [0.3, 0.4) is 0 Å². The average molecular weight is 344 g/mol. The molecule has 2 heterocycles. The topological polar surface area (TPSA) is 86.6 Å². The van der Waals surface area contributed by atoms with Crippen molar-refractivity contribution in [3.05, 3.63) is 46.2 Å². The van der Waals surface area contributed by atoms with Gasteiger partial charge in [0.1, 0.15) is 5.60 Å². The van der Waals surface area contributed by atoms with Crippen LogP contribution in [0.2, 0.25) is 0 Å². The molecule has 1 aliphatic heterocycles. The second kappa shape index (κ2) is 5.91. The first-order chi connectivity index (χ1) is 11.7. The Kier molecular flexibility index (Phi) is 4.02. The van der Waals surface area contributed by atoms with Gasteiger partial charge in [-0.05, 0) is 32.2 Å². The lowest BCUT2D eigenvalue weighted by Gasteiger charge is -2.24. The highest BCUT2D eigenvalue weighted by molar-refractivity contribution is 5.90. The zero-order valence-electron chi connectivity index (χ0n) is 14.5. The van der Waals surface area contributed by atoms with Crippen molar-refractivity contribution in [2.75, 3.05) is 7.11 Å². The van der Waals surface area contributed by atoms with Crippen LogP contribution in [0.15, 0.2) is 35.1 Å². The molecule has 1 N–H and O–H groups in total. The quantitative estimate of drug-likeness (QED) is 0.845. The summed E-state index contributed by atoms with van der Waals surface area (Å²) in [5.41, 5.74) is 0.283. The summed E-state index contributed by atoms with van der Waals surface area (Å²) >= 11 is 0. The Morgan fingerprint density at radius 2 is 1.88 bits per heavy atom. The molecule has 0 saturated heterocycles. The highest BCUT2D eigenvalue weighted by Gasteiger charge is 2.42. The van der Waals surface area contributed by atoms with Gasteiger partial charge in [-0.3, -0.25) is 9.36 Å². The maximum atomic E-state index is 12.4. The number of aromatic nitrogens is 1. The largest absolute Gasteiger partial charge is 0.467 e. The second-order valence-corrected chi connectivity index (χ2v) is 6.92. The van der Waals surface area contributed by atoms with Crippen molar-refractivity contribution in [2.24, 2.45) is 0 Å². The van der Waals surface area contributed by atoms with Gasteiger partial charge in [0.05, 0.1) is 18.7 Å². The summed E-state index contributed by atoms with van der Waals surface area (Å²) < 4.78 is 11.5. The Morgan fingerprint density at radius 3 is 2.52 bits per heavy atom. The summed E-state index contributed by atoms with van der Waals surface area (Å²) in [4.78, 5) is 37.0. The van der Waals surface area contributed by atoms with Gasteiger partial charge in [0.15, 0.2) is 6.04 Å². The highest BCUT2D eigenvalue weighted by Crippen LogP contribution is 2.39. The van der Waals surface area contributed by atoms with Crippen molar-refractivity contribution in [1.82, 2.24) is 9.88 Å². The summed E-state index contributed by atoms with van der Waals surface area (Å²) in [5.74, 6) is -0.605. The van der Waals surface area contributed by atoms with E-state index >= 15 is 0 Å². The van der Waals surface area contributed by atoms with Crippen LogP contribution in [-0.2, 0) is 14.3 Å². The molecule has 7 nitrogen and oxygen atoms in total. The number of benzene rings is 1. The van der Waals surface area contributed by atoms with E-state index in [0.29, 0.717) is 11.1 Å². The predicted molar refractivity (Wildman–Crippen MR) is 91.4 cm³/mol. The number of carbonyl (C=O) groups is 2. The van der Waals surface area contributed by atoms with Crippen LogP contribution in [0.1, 0.15) is 38.4 Å². The van der Waals surface area contributed by atoms with Crippen molar-refractivity contribution < 1.29 is 19.1 Å². The molecule has 132 valence electrons. The average Bonchev–Trinajstić information content (AvgIpc) is 2.85. The Morgan fingerprint density at radius 1 is 1.16 bits per heavy atom. The normalized spacial score (nSPS) is 18.9. The van der Waals surface area contributed by atoms with Gasteiger partial charge in [-0.25, -0.2) is 9.59 Å². The molecule has 7 heteroatoms. The van der Waals surface area contributed by atoms with E-state index in [9.17, 15) is 14.4 Å². The Labute approximate surface area is 144 Å². The number of amides is 1. The highest BCUT2D eigenvalue weighted by atomic mass is 16.6. The number of carbonyl (C=O) groups excluding carboxylic acids is 2. The molecule has 3 rings (SSSR count). The number of methoxy groups -OCH3 is 1. The molecule has 1 aromatic carbocycles. The molecule has 1 aromatic heterocycles. The van der Waals surface area contributed by atoms with E-state index in [1.54, 1.807) is 32.9 Å². The summed E-state index contributed by atoms with van der Waals surface area (Å²) in [5, 5.41) is 3.52. The van der Waals surface area contributed by atoms with Gasteiger partial charge in [-0.2, -0.15) is 0 Å². The summed E-state index contributed by atoms with van der Waals surface area (Å²) in [6.07, 6.45) is -0.663. The van der Waals surface area contributed by atoms with Gasteiger partial charge in [0, 0.05) is 11.6 Å². The maximum absolute atomic E-state index is 12.4. The van der Waals surface area contributed by atoms with Gasteiger partial charge in [0.25, 0.3) is 5.56 Å². The third kappa shape index (κ3) is 2.97. The number of para-hydroxylation sites is 1. The maximum Gasteiger partial charge on any atom is 0.408 e. The molecule has 2 atom stereocenters. The molecule has 2 aromatic rings. The molecule has 0 aliphatic carbocycles. The first-order valence-corrected chi connectivity index (χ1v) is 7.94. The third-order valence-electron chi connectivity index (χ3n) is 4.03. The number of rotatable bonds is 2. The van der Waals surface area contributed by atoms with Crippen LogP contribution in [0.4, 0.5) is 4.79 Å². The number of alkyl carbamates (subject to hydrolysis) is 1. The SMILES string of the molecule is COC(=O)C1C(NC(=O)OC(C)(C)C)c2cccc3ccc(=O)n1c23. The minimum Gasteiger partial charge on any atom is -0.467 e. The molecule has 0 fully saturated rings. The zero-order valence-corrected chi connectivity index (χ0v) is 14.5. The lowest BCUT2D eigenvalue weighted by atomic mass is 10.0. The van der Waals surface area contributed by atoms with E-state index < -0.39 is 29.7 Å². The lowest BCUT2D eigenvalue weighted by Crippen LogP contribution is -2.40. The van der Waals surface area contributed by atoms with Crippen LogP contribution in [0, 0.1) is 0 Å². The second-order valence-electron chi connectivity index (χ2n) is 6.92. The van der Waals surface area contributed by atoms with Gasteiger partial charge in [-0.1, -0.05) is 18.2 Å². The monoisotopic (exact) mass is 344 g/mol. The number of pyridine rings is 1. The molecule has 0 radical (unpaired) electrons. The van der Waals surface area contributed by atoms with Crippen molar-refractivity contribution in [3.8, 4) is 0 Å². The van der Waals surface area contributed by atoms with Gasteiger partial charge < -0.3 is 14.8 Å². The molecule has 0 bridgehead atoms. The fourth-order valence-electron chi connectivity index (χ4n) is 3.14. The number of esters is 1. The summed E-state index contributed by atoms with van der Waals surface area (Å²) in [7, 11) is 1.25. The molecule has 0 saturated carbocycles. The first-order valence-electron chi connectivity index (χ1n) is 7.94. The van der Waals surface area contributed by atoms with Crippen molar-refractivity contribution in [3.63, 3.8) is 0 Å². The van der Waals surface area contributed by atoms with E-state index in [0.717, 1.165) is 5.39 Å². The lowest BCUT2D eigenvalue weighted by molar-refractivity contribution is -0.145. The van der Waals surface area contributed by atoms with Crippen molar-refractivity contribution in [2.45, 2.75) is 38.5 Å². The summed E-state index contributed by atoms with van der Waals surface area (Å²) in [6.45, 7) is 5.25. The number of hydrogen-bond donors (Lipinski definition) is 1. The molecule has 1 amide bonds. The molecule has 25 heavy (non-hydrogen) atoms. The third-order valence-corrected chi connectivity index (χ3v) is 4.03. The van der Waals surface area contributed by atoms with Gasteiger partial charge in [0.2, 0.25) is 0 Å². The van der Waals surface area contributed by atoms with Crippen LogP contribution < -0.4 is 10.9 Å². The van der Waals surface area contributed by atoms with E-state index in [4.69, 9.17) is 9.47 Å². The Balaban J connectivity index is 2.10. The van der Waals surface area contributed by atoms with Crippen molar-refractivity contribution in [1.29, 1.82) is 0 Å². The smallest absolute Gasteiger partial charge is 0.408 e. The standard InChI is InChI=1S/C18H20N2O5/c1-18(2,3)25-17(23)19-13-11-7-5-6-10-8-9-12(21)20(14(10)11)15(13)16(22)24-4/h5-9,13,15H,1-4H3,(H,19,23). The molecule has 1 aliphatic rings. The van der Waals surface area contributed by atoms with Gasteiger partial charge >= 0.3 is 12.1 Å². The minimum atomic E-state index is -0.980. The van der Waals surface area contributed by atoms with Crippen LogP contribution >= 0.6 is 0 Å². The van der Waals surface area contributed by atoms with E-state index in [-0.39, 0.29) is 5.56 Å². The van der Waals surface area contributed by atoms with Crippen molar-refractivity contribution >= 4 is 23.0 Å². The number of ether oxygens (including phenoxy) is 2.